The van der Waals surface area contributed by atoms with Gasteiger partial charge in [-0.25, -0.2) is 0 Å². The Balaban J connectivity index is 2.71. The molecule has 0 aromatic heterocycles. The molecule has 1 rings (SSSR count). The highest BCUT2D eigenvalue weighted by molar-refractivity contribution is 5.97. The molecular formula is C26H38O. The maximum absolute atomic E-state index is 12.0. The van der Waals surface area contributed by atoms with E-state index < -0.39 is 0 Å². The Morgan fingerprint density at radius 3 is 1.93 bits per heavy atom. The molecule has 1 nitrogen and oxygen atoms in total. The third-order valence-corrected chi connectivity index (χ3v) is 5.26. The van der Waals surface area contributed by atoms with Gasteiger partial charge in [0.25, 0.3) is 0 Å². The van der Waals surface area contributed by atoms with Gasteiger partial charge in [0.2, 0.25) is 0 Å². The molecule has 1 aromatic rings. The molecule has 0 heterocycles. The van der Waals surface area contributed by atoms with E-state index in [1.54, 1.807) is 6.92 Å². The normalized spacial score (nSPS) is 12.3. The molecule has 148 valence electrons. The molecule has 0 aliphatic carbocycles. The predicted molar refractivity (Wildman–Crippen MR) is 120 cm³/mol. The average molecular weight is 367 g/mol. The molecule has 0 spiro atoms. The number of hydrogen-bond donors (Lipinski definition) is 0. The highest BCUT2D eigenvalue weighted by Gasteiger charge is 2.13. The van der Waals surface area contributed by atoms with E-state index in [0.717, 1.165) is 48.8 Å². The molecular weight excluding hydrogens is 328 g/mol. The molecule has 0 saturated carbocycles. The van der Waals surface area contributed by atoms with Crippen molar-refractivity contribution < 1.29 is 4.79 Å². The van der Waals surface area contributed by atoms with Gasteiger partial charge in [0.05, 0.1) is 0 Å². The molecule has 0 aliphatic rings. The lowest BCUT2D eigenvalue weighted by Crippen LogP contribution is -2.05. The molecule has 0 atom stereocenters. The van der Waals surface area contributed by atoms with Gasteiger partial charge < -0.3 is 0 Å². The lowest BCUT2D eigenvalue weighted by molar-refractivity contribution is 0.101. The number of hydrogen-bond acceptors (Lipinski definition) is 1. The van der Waals surface area contributed by atoms with Crippen LogP contribution in [-0.2, 0) is 6.42 Å². The lowest BCUT2D eigenvalue weighted by Gasteiger charge is -2.15. The van der Waals surface area contributed by atoms with Crippen molar-refractivity contribution in [2.24, 2.45) is 0 Å². The summed E-state index contributed by atoms with van der Waals surface area (Å²) in [5, 5.41) is 0. The smallest absolute Gasteiger partial charge is 0.160 e. The zero-order valence-electron chi connectivity index (χ0n) is 18.8. The van der Waals surface area contributed by atoms with E-state index in [1.165, 1.54) is 27.8 Å². The van der Waals surface area contributed by atoms with Gasteiger partial charge in [-0.05, 0) is 110 Å². The summed E-state index contributed by atoms with van der Waals surface area (Å²) in [5.41, 5.74) is 10.0. The summed E-state index contributed by atoms with van der Waals surface area (Å²) in [6, 6.07) is 2.15. The number of ketones is 1. The van der Waals surface area contributed by atoms with Crippen LogP contribution in [0, 0.1) is 20.8 Å². The van der Waals surface area contributed by atoms with Crippen molar-refractivity contribution in [1.29, 1.82) is 0 Å². The van der Waals surface area contributed by atoms with Gasteiger partial charge in [0.15, 0.2) is 5.78 Å². The zero-order chi connectivity index (χ0) is 20.6. The van der Waals surface area contributed by atoms with Crippen LogP contribution in [0.15, 0.2) is 41.0 Å². The summed E-state index contributed by atoms with van der Waals surface area (Å²) in [5.74, 6) is 0.167. The van der Waals surface area contributed by atoms with Crippen molar-refractivity contribution in [2.75, 3.05) is 0 Å². The van der Waals surface area contributed by atoms with Crippen LogP contribution < -0.4 is 0 Å². The lowest BCUT2D eigenvalue weighted by atomic mass is 9.89. The minimum Gasteiger partial charge on any atom is -0.294 e. The van der Waals surface area contributed by atoms with E-state index in [-0.39, 0.29) is 5.78 Å². The monoisotopic (exact) mass is 366 g/mol. The van der Waals surface area contributed by atoms with Crippen LogP contribution in [0.1, 0.15) is 92.9 Å². The van der Waals surface area contributed by atoms with Gasteiger partial charge in [-0.1, -0.05) is 41.0 Å². The number of carbonyl (C=O) groups is 1. The summed E-state index contributed by atoms with van der Waals surface area (Å²) in [6.45, 7) is 16.7. The second kappa shape index (κ2) is 11.1. The van der Waals surface area contributed by atoms with E-state index in [9.17, 15) is 4.79 Å². The van der Waals surface area contributed by atoms with Gasteiger partial charge >= 0.3 is 0 Å². The highest BCUT2D eigenvalue weighted by Crippen LogP contribution is 2.24. The van der Waals surface area contributed by atoms with Crippen LogP contribution in [0.3, 0.4) is 0 Å². The minimum absolute atomic E-state index is 0.167. The Morgan fingerprint density at radius 2 is 1.37 bits per heavy atom. The van der Waals surface area contributed by atoms with Crippen LogP contribution in [0.4, 0.5) is 0 Å². The summed E-state index contributed by atoms with van der Waals surface area (Å²) in [7, 11) is 0. The second-order valence-corrected chi connectivity index (χ2v) is 8.21. The number of carbonyl (C=O) groups excluding carboxylic acids is 1. The maximum Gasteiger partial charge on any atom is 0.160 e. The van der Waals surface area contributed by atoms with Crippen molar-refractivity contribution in [3.05, 3.63) is 68.8 Å². The number of Topliss-reactive ketones (excluding diaryl/α,β-unsaturated/α-hetero) is 1. The fourth-order valence-electron chi connectivity index (χ4n) is 3.70. The van der Waals surface area contributed by atoms with Crippen LogP contribution in [-0.4, -0.2) is 5.78 Å². The molecule has 0 unspecified atom stereocenters. The molecule has 27 heavy (non-hydrogen) atoms. The number of aryl methyl sites for hydroxylation is 2. The number of allylic oxidation sites excluding steroid dienone is 6. The Hall–Kier alpha value is -1.89. The highest BCUT2D eigenvalue weighted by atomic mass is 16.1. The van der Waals surface area contributed by atoms with Crippen molar-refractivity contribution in [3.8, 4) is 0 Å². The molecule has 1 aromatic carbocycles. The van der Waals surface area contributed by atoms with E-state index in [1.807, 2.05) is 6.92 Å². The van der Waals surface area contributed by atoms with Crippen molar-refractivity contribution >= 4 is 5.78 Å². The molecule has 0 N–H and O–H groups in total. The Morgan fingerprint density at radius 1 is 0.815 bits per heavy atom. The van der Waals surface area contributed by atoms with E-state index in [4.69, 9.17) is 0 Å². The fourth-order valence-corrected chi connectivity index (χ4v) is 3.70. The average Bonchev–Trinajstić information content (AvgIpc) is 2.53. The molecule has 0 fully saturated rings. The van der Waals surface area contributed by atoms with Gasteiger partial charge in [0, 0.05) is 5.56 Å². The first-order chi connectivity index (χ1) is 12.6. The van der Waals surface area contributed by atoms with Crippen molar-refractivity contribution in [1.82, 2.24) is 0 Å². The van der Waals surface area contributed by atoms with Crippen LogP contribution >= 0.6 is 0 Å². The summed E-state index contributed by atoms with van der Waals surface area (Å²) < 4.78 is 0. The van der Waals surface area contributed by atoms with Crippen molar-refractivity contribution in [3.63, 3.8) is 0 Å². The zero-order valence-corrected chi connectivity index (χ0v) is 18.8. The Labute approximate surface area is 167 Å². The topological polar surface area (TPSA) is 17.1 Å². The molecule has 1 heteroatoms. The van der Waals surface area contributed by atoms with E-state index in [0.29, 0.717) is 0 Å². The largest absolute Gasteiger partial charge is 0.294 e. The van der Waals surface area contributed by atoms with Gasteiger partial charge in [0.1, 0.15) is 0 Å². The van der Waals surface area contributed by atoms with Gasteiger partial charge in [-0.2, -0.15) is 0 Å². The number of rotatable bonds is 9. The first-order valence-electron chi connectivity index (χ1n) is 10.2. The van der Waals surface area contributed by atoms with Crippen LogP contribution in [0.2, 0.25) is 0 Å². The third-order valence-electron chi connectivity index (χ3n) is 5.26. The first kappa shape index (κ1) is 23.1. The van der Waals surface area contributed by atoms with Crippen molar-refractivity contribution in [2.45, 2.75) is 87.5 Å². The maximum atomic E-state index is 12.0. The van der Waals surface area contributed by atoms with Crippen LogP contribution in [0.25, 0.3) is 0 Å². The number of benzene rings is 1. The molecule has 0 saturated heterocycles. The summed E-state index contributed by atoms with van der Waals surface area (Å²) in [6.07, 6.45) is 12.4. The fraction of sp³-hybridized carbons (Fsp3) is 0.500. The van der Waals surface area contributed by atoms with E-state index >= 15 is 0 Å². The molecule has 0 bridgehead atoms. The second-order valence-electron chi connectivity index (χ2n) is 8.21. The van der Waals surface area contributed by atoms with Crippen LogP contribution in [0.5, 0.6) is 0 Å². The Kier molecular flexibility index (Phi) is 9.49. The quantitative estimate of drug-likeness (QED) is 0.322. The first-order valence-corrected chi connectivity index (χ1v) is 10.2. The standard InChI is InChI=1S/C26H38O/c1-18(2)11-9-12-19(3)13-10-14-20(4)15-16-25-21(5)17-22(6)26(23(25)7)24(8)27/h11,13,15,17H,9-10,12,14,16H2,1-8H3/b19-13+,20-15+. The van der Waals surface area contributed by atoms with Gasteiger partial charge in [-0.3, -0.25) is 4.79 Å². The summed E-state index contributed by atoms with van der Waals surface area (Å²) in [4.78, 5) is 12.0. The molecule has 0 amide bonds. The molecule has 0 aliphatic heterocycles. The Bertz CT molecular complexity index is 753. The van der Waals surface area contributed by atoms with Gasteiger partial charge in [-0.15, -0.1) is 0 Å². The third kappa shape index (κ3) is 7.71. The minimum atomic E-state index is 0.167. The summed E-state index contributed by atoms with van der Waals surface area (Å²) >= 11 is 0. The SMILES string of the molecule is CC(=O)c1c(C)cc(C)c(C/C=C(\C)CC/C=C(\C)CCC=C(C)C)c1C. The predicted octanol–water partition coefficient (Wildman–Crippen LogP) is 7.78. The van der Waals surface area contributed by atoms with E-state index in [2.05, 4.69) is 65.8 Å². The molecule has 0 radical (unpaired) electrons.